The maximum absolute atomic E-state index is 11.8. The van der Waals surface area contributed by atoms with Crippen molar-refractivity contribution in [2.75, 3.05) is 10.2 Å². The lowest BCUT2D eigenvalue weighted by atomic mass is 10.2. The minimum absolute atomic E-state index is 0.233. The Hall–Kier alpha value is -3.41. The average molecular weight is 359 g/mol. The highest BCUT2D eigenvalue weighted by molar-refractivity contribution is 5.88. The molecule has 0 bridgehead atoms. The largest absolute Gasteiger partial charge is 0.335 e. The molecule has 2 amide bonds. The molecule has 0 aliphatic heterocycles. The number of rotatable bonds is 6. The zero-order chi connectivity index (χ0) is 18.5. The van der Waals surface area contributed by atoms with Crippen molar-refractivity contribution in [2.45, 2.75) is 25.4 Å². The highest BCUT2D eigenvalue weighted by Gasteiger charge is 2.23. The van der Waals surface area contributed by atoms with Gasteiger partial charge in [0.05, 0.1) is 0 Å². The first kappa shape index (κ1) is 17.0. The lowest BCUT2D eigenvalue weighted by Gasteiger charge is -2.23. The van der Waals surface area contributed by atoms with E-state index in [1.54, 1.807) is 6.07 Å². The molecule has 0 radical (unpaired) electrons. The summed E-state index contributed by atoms with van der Waals surface area (Å²) >= 11 is 0. The van der Waals surface area contributed by atoms with E-state index < -0.39 is 0 Å². The van der Waals surface area contributed by atoms with Crippen molar-refractivity contribution in [3.05, 3.63) is 78.4 Å². The van der Waals surface area contributed by atoms with E-state index in [1.807, 2.05) is 54.6 Å². The van der Waals surface area contributed by atoms with Crippen LogP contribution in [0.4, 0.5) is 22.1 Å². The predicted molar refractivity (Wildman–Crippen MR) is 106 cm³/mol. The number of nitrogens with zero attached hydrogens (tertiary/aromatic N) is 3. The maximum atomic E-state index is 11.8. The summed E-state index contributed by atoms with van der Waals surface area (Å²) in [4.78, 5) is 13.9. The molecule has 1 aliphatic carbocycles. The third-order valence-electron chi connectivity index (χ3n) is 4.33. The Kier molecular flexibility index (Phi) is 4.96. The SMILES string of the molecule is O=C(Nc1ccc(N(Cc2ccccc2)c2ccccc2)nn1)NC1CC1. The second-order valence-electron chi connectivity index (χ2n) is 6.56. The number of hydrogen-bond acceptors (Lipinski definition) is 4. The molecule has 136 valence electrons. The Labute approximate surface area is 158 Å². The molecule has 27 heavy (non-hydrogen) atoms. The number of amides is 2. The molecule has 2 N–H and O–H groups in total. The Morgan fingerprint density at radius 2 is 1.63 bits per heavy atom. The first-order valence-corrected chi connectivity index (χ1v) is 9.06. The van der Waals surface area contributed by atoms with Crippen LogP contribution in [0.2, 0.25) is 0 Å². The summed E-state index contributed by atoms with van der Waals surface area (Å²) in [5.74, 6) is 1.16. The Balaban J connectivity index is 1.53. The van der Waals surface area contributed by atoms with Gasteiger partial charge in [-0.3, -0.25) is 5.32 Å². The van der Waals surface area contributed by atoms with Crippen LogP contribution in [0, 0.1) is 0 Å². The van der Waals surface area contributed by atoms with Crippen molar-refractivity contribution in [1.29, 1.82) is 0 Å². The molecule has 4 rings (SSSR count). The number of para-hydroxylation sites is 1. The third-order valence-corrected chi connectivity index (χ3v) is 4.33. The molecule has 3 aromatic rings. The molecule has 1 saturated carbocycles. The molecule has 6 nitrogen and oxygen atoms in total. The van der Waals surface area contributed by atoms with E-state index in [9.17, 15) is 4.79 Å². The third kappa shape index (κ3) is 4.61. The second kappa shape index (κ2) is 7.86. The van der Waals surface area contributed by atoms with Crippen molar-refractivity contribution < 1.29 is 4.79 Å². The molecule has 6 heteroatoms. The van der Waals surface area contributed by atoms with E-state index in [-0.39, 0.29) is 6.03 Å². The molecule has 1 aliphatic rings. The van der Waals surface area contributed by atoms with Gasteiger partial charge in [-0.25, -0.2) is 4.79 Å². The molecule has 1 heterocycles. The van der Waals surface area contributed by atoms with Gasteiger partial charge in [0.25, 0.3) is 0 Å². The van der Waals surface area contributed by atoms with Crippen LogP contribution in [0.1, 0.15) is 18.4 Å². The van der Waals surface area contributed by atoms with Crippen LogP contribution >= 0.6 is 0 Å². The molecule has 2 aromatic carbocycles. The topological polar surface area (TPSA) is 70.2 Å². The van der Waals surface area contributed by atoms with Crippen LogP contribution in [0.15, 0.2) is 72.8 Å². The monoisotopic (exact) mass is 359 g/mol. The van der Waals surface area contributed by atoms with Crippen molar-refractivity contribution in [3.8, 4) is 0 Å². The number of benzene rings is 2. The molecule has 0 atom stereocenters. The van der Waals surface area contributed by atoms with Crippen LogP contribution in [-0.4, -0.2) is 22.3 Å². The smallest absolute Gasteiger partial charge is 0.320 e. The zero-order valence-electron chi connectivity index (χ0n) is 14.9. The van der Waals surface area contributed by atoms with E-state index >= 15 is 0 Å². The number of carbonyl (C=O) groups is 1. The summed E-state index contributed by atoms with van der Waals surface area (Å²) in [6.07, 6.45) is 2.09. The van der Waals surface area contributed by atoms with Gasteiger partial charge in [-0.15, -0.1) is 10.2 Å². The molecule has 0 saturated heterocycles. The van der Waals surface area contributed by atoms with E-state index in [0.717, 1.165) is 24.3 Å². The Morgan fingerprint density at radius 3 is 2.26 bits per heavy atom. The normalized spacial score (nSPS) is 13.0. The van der Waals surface area contributed by atoms with E-state index in [1.165, 1.54) is 5.56 Å². The number of urea groups is 1. The molecule has 1 aromatic heterocycles. The number of anilines is 3. The predicted octanol–water partition coefficient (Wildman–Crippen LogP) is 4.10. The fourth-order valence-corrected chi connectivity index (χ4v) is 2.78. The highest BCUT2D eigenvalue weighted by atomic mass is 16.2. The molecule has 1 fully saturated rings. The summed E-state index contributed by atoms with van der Waals surface area (Å²) < 4.78 is 0. The summed E-state index contributed by atoms with van der Waals surface area (Å²) in [7, 11) is 0. The van der Waals surface area contributed by atoms with Gasteiger partial charge in [0.2, 0.25) is 0 Å². The fraction of sp³-hybridized carbons (Fsp3) is 0.190. The maximum Gasteiger partial charge on any atom is 0.320 e. The summed E-state index contributed by atoms with van der Waals surface area (Å²) in [5, 5.41) is 14.1. The van der Waals surface area contributed by atoms with E-state index in [0.29, 0.717) is 18.4 Å². The van der Waals surface area contributed by atoms with E-state index in [4.69, 9.17) is 0 Å². The van der Waals surface area contributed by atoms with Crippen LogP contribution in [-0.2, 0) is 6.54 Å². The van der Waals surface area contributed by atoms with Crippen LogP contribution in [0.5, 0.6) is 0 Å². The summed E-state index contributed by atoms with van der Waals surface area (Å²) in [6.45, 7) is 0.675. The van der Waals surface area contributed by atoms with Crippen molar-refractivity contribution in [1.82, 2.24) is 15.5 Å². The standard InChI is InChI=1S/C21H21N5O/c27-21(22-17-11-12-17)23-19-13-14-20(25-24-19)26(18-9-5-2-6-10-18)15-16-7-3-1-4-8-16/h1-10,13-14,17H,11-12,15H2,(H2,22,23,24,27). The molecular weight excluding hydrogens is 338 g/mol. The lowest BCUT2D eigenvalue weighted by Crippen LogP contribution is -2.30. The van der Waals surface area contributed by atoms with Gasteiger partial charge in [-0.05, 0) is 42.7 Å². The number of carbonyl (C=O) groups excluding carboxylic acids is 1. The van der Waals surface area contributed by atoms with Crippen LogP contribution in [0.25, 0.3) is 0 Å². The first-order chi connectivity index (χ1) is 13.3. The number of aromatic nitrogens is 2. The van der Waals surface area contributed by atoms with Gasteiger partial charge < -0.3 is 10.2 Å². The van der Waals surface area contributed by atoms with E-state index in [2.05, 4.69) is 37.9 Å². The highest BCUT2D eigenvalue weighted by Crippen LogP contribution is 2.26. The molecule has 0 unspecified atom stereocenters. The Bertz CT molecular complexity index is 879. The first-order valence-electron chi connectivity index (χ1n) is 9.06. The van der Waals surface area contributed by atoms with Crippen molar-refractivity contribution in [2.24, 2.45) is 0 Å². The van der Waals surface area contributed by atoms with Gasteiger partial charge in [0.15, 0.2) is 11.6 Å². The zero-order valence-corrected chi connectivity index (χ0v) is 14.9. The van der Waals surface area contributed by atoms with Crippen molar-refractivity contribution in [3.63, 3.8) is 0 Å². The second-order valence-corrected chi connectivity index (χ2v) is 6.56. The molecule has 0 spiro atoms. The van der Waals surface area contributed by atoms with Crippen molar-refractivity contribution >= 4 is 23.4 Å². The van der Waals surface area contributed by atoms with Gasteiger partial charge in [0, 0.05) is 18.3 Å². The summed E-state index contributed by atoms with van der Waals surface area (Å²) in [5.41, 5.74) is 2.21. The van der Waals surface area contributed by atoms with Gasteiger partial charge in [-0.1, -0.05) is 48.5 Å². The van der Waals surface area contributed by atoms with Gasteiger partial charge in [-0.2, -0.15) is 0 Å². The average Bonchev–Trinajstić information content (AvgIpc) is 3.52. The van der Waals surface area contributed by atoms with Gasteiger partial charge >= 0.3 is 6.03 Å². The number of nitrogens with one attached hydrogen (secondary N) is 2. The van der Waals surface area contributed by atoms with Gasteiger partial charge in [0.1, 0.15) is 0 Å². The van der Waals surface area contributed by atoms with Crippen LogP contribution in [0.3, 0.4) is 0 Å². The number of hydrogen-bond donors (Lipinski definition) is 2. The lowest BCUT2D eigenvalue weighted by molar-refractivity contribution is 0.251. The summed E-state index contributed by atoms with van der Waals surface area (Å²) in [6, 6.07) is 24.0. The Morgan fingerprint density at radius 1 is 0.926 bits per heavy atom. The quantitative estimate of drug-likeness (QED) is 0.695. The fourth-order valence-electron chi connectivity index (χ4n) is 2.78. The molecular formula is C21H21N5O. The minimum atomic E-state index is -0.233. The minimum Gasteiger partial charge on any atom is -0.335 e. The van der Waals surface area contributed by atoms with Crippen LogP contribution < -0.4 is 15.5 Å².